The van der Waals surface area contributed by atoms with Gasteiger partial charge in [-0.3, -0.25) is 4.79 Å². The molecule has 5 nitrogen and oxygen atoms in total. The van der Waals surface area contributed by atoms with Crippen LogP contribution in [-0.4, -0.2) is 14.3 Å². The number of carbonyl (C=O) groups excluding carboxylic acids is 1. The van der Waals surface area contributed by atoms with Gasteiger partial charge in [0, 0.05) is 16.8 Å². The smallest absolute Gasteiger partial charge is 0.322 e. The molecule has 0 aliphatic carbocycles. The molecule has 0 radical (unpaired) electrons. The quantitative estimate of drug-likeness (QED) is 0.630. The van der Waals surface area contributed by atoms with Crippen LogP contribution < -0.4 is 10.5 Å². The standard InChI is InChI=1S/C21H17F3N2O3S/c1-13-6-11-16(21(22,23)24)12-18(13)26-20(27)15-9-7-14(8-10-15)17-4-2-3-5-19(17)30(25,28)29/h2-12H,1H3,(H,26,27)(H2,25,28,29). The van der Waals surface area contributed by atoms with Crippen molar-refractivity contribution in [3.05, 3.63) is 83.4 Å². The van der Waals surface area contributed by atoms with E-state index in [-0.39, 0.29) is 16.1 Å². The minimum absolute atomic E-state index is 0.0539. The maximum atomic E-state index is 12.9. The summed E-state index contributed by atoms with van der Waals surface area (Å²) in [5.74, 6) is -0.594. The van der Waals surface area contributed by atoms with Crippen molar-refractivity contribution in [2.75, 3.05) is 5.32 Å². The fourth-order valence-electron chi connectivity index (χ4n) is 2.88. The molecule has 3 aromatic rings. The van der Waals surface area contributed by atoms with Crippen molar-refractivity contribution in [3.8, 4) is 11.1 Å². The maximum Gasteiger partial charge on any atom is 0.416 e. The normalized spacial score (nSPS) is 11.9. The van der Waals surface area contributed by atoms with E-state index in [1.54, 1.807) is 25.1 Å². The summed E-state index contributed by atoms with van der Waals surface area (Å²) < 4.78 is 62.3. The molecule has 3 N–H and O–H groups in total. The number of aryl methyl sites for hydroxylation is 1. The Morgan fingerprint density at radius 3 is 2.20 bits per heavy atom. The number of hydrogen-bond acceptors (Lipinski definition) is 3. The van der Waals surface area contributed by atoms with Gasteiger partial charge in [-0.05, 0) is 48.4 Å². The van der Waals surface area contributed by atoms with Gasteiger partial charge in [0.25, 0.3) is 5.91 Å². The molecule has 0 saturated heterocycles. The molecule has 0 heterocycles. The van der Waals surface area contributed by atoms with Crippen LogP contribution in [0, 0.1) is 6.92 Å². The number of benzene rings is 3. The van der Waals surface area contributed by atoms with Crippen LogP contribution in [0.1, 0.15) is 21.5 Å². The number of primary sulfonamides is 1. The second-order valence-electron chi connectivity index (χ2n) is 6.60. The van der Waals surface area contributed by atoms with E-state index in [4.69, 9.17) is 5.14 Å². The van der Waals surface area contributed by atoms with Gasteiger partial charge in [0.05, 0.1) is 10.5 Å². The van der Waals surface area contributed by atoms with Gasteiger partial charge in [0.1, 0.15) is 0 Å². The lowest BCUT2D eigenvalue weighted by Gasteiger charge is -2.13. The molecule has 0 aliphatic rings. The zero-order valence-electron chi connectivity index (χ0n) is 15.7. The highest BCUT2D eigenvalue weighted by Crippen LogP contribution is 2.32. The minimum atomic E-state index is -4.52. The third kappa shape index (κ3) is 4.69. The minimum Gasteiger partial charge on any atom is -0.322 e. The highest BCUT2D eigenvalue weighted by atomic mass is 32.2. The van der Waals surface area contributed by atoms with Crippen LogP contribution in [0.4, 0.5) is 18.9 Å². The average Bonchev–Trinajstić information content (AvgIpc) is 2.68. The van der Waals surface area contributed by atoms with Crippen LogP contribution in [0.15, 0.2) is 71.6 Å². The first-order valence-corrected chi connectivity index (χ1v) is 10.2. The van der Waals surface area contributed by atoms with Gasteiger partial charge in [-0.15, -0.1) is 0 Å². The first-order chi connectivity index (χ1) is 14.0. The monoisotopic (exact) mass is 434 g/mol. The number of halogens is 3. The van der Waals surface area contributed by atoms with Crippen molar-refractivity contribution in [3.63, 3.8) is 0 Å². The summed E-state index contributed by atoms with van der Waals surface area (Å²) in [6.07, 6.45) is -4.52. The molecule has 0 bridgehead atoms. The lowest BCUT2D eigenvalue weighted by molar-refractivity contribution is -0.137. The lowest BCUT2D eigenvalue weighted by Crippen LogP contribution is -2.14. The van der Waals surface area contributed by atoms with E-state index in [2.05, 4.69) is 5.32 Å². The number of hydrogen-bond donors (Lipinski definition) is 2. The number of amides is 1. The molecule has 9 heteroatoms. The van der Waals surface area contributed by atoms with E-state index >= 15 is 0 Å². The molecule has 0 unspecified atom stereocenters. The summed E-state index contributed by atoms with van der Waals surface area (Å²) in [6.45, 7) is 1.59. The molecule has 0 atom stereocenters. The van der Waals surface area contributed by atoms with Crippen molar-refractivity contribution in [1.29, 1.82) is 0 Å². The number of anilines is 1. The fraction of sp³-hybridized carbons (Fsp3) is 0.0952. The van der Waals surface area contributed by atoms with Crippen molar-refractivity contribution in [2.45, 2.75) is 18.0 Å². The molecular formula is C21H17F3N2O3S. The van der Waals surface area contributed by atoms with E-state index in [1.807, 2.05) is 0 Å². The van der Waals surface area contributed by atoms with Gasteiger partial charge in [0.15, 0.2) is 0 Å². The Kier molecular flexibility index (Phi) is 5.69. The van der Waals surface area contributed by atoms with Crippen molar-refractivity contribution in [1.82, 2.24) is 0 Å². The highest BCUT2D eigenvalue weighted by molar-refractivity contribution is 7.89. The summed E-state index contributed by atoms with van der Waals surface area (Å²) in [6, 6.07) is 15.3. The van der Waals surface area contributed by atoms with Crippen LogP contribution in [0.3, 0.4) is 0 Å². The molecule has 0 saturated carbocycles. The van der Waals surface area contributed by atoms with E-state index in [0.29, 0.717) is 16.7 Å². The first-order valence-electron chi connectivity index (χ1n) is 8.68. The van der Waals surface area contributed by atoms with E-state index in [0.717, 1.165) is 12.1 Å². The second-order valence-corrected chi connectivity index (χ2v) is 8.13. The predicted octanol–water partition coefficient (Wildman–Crippen LogP) is 4.58. The van der Waals surface area contributed by atoms with Crippen LogP contribution in [0.5, 0.6) is 0 Å². The molecule has 1 amide bonds. The Hall–Kier alpha value is -3.17. The van der Waals surface area contributed by atoms with Gasteiger partial charge in [-0.1, -0.05) is 36.4 Å². The van der Waals surface area contributed by atoms with Crippen molar-refractivity contribution >= 4 is 21.6 Å². The lowest BCUT2D eigenvalue weighted by atomic mass is 10.0. The number of nitrogens with one attached hydrogen (secondary N) is 1. The Morgan fingerprint density at radius 1 is 0.967 bits per heavy atom. The molecule has 0 fully saturated rings. The molecule has 3 aromatic carbocycles. The summed E-state index contributed by atoms with van der Waals surface area (Å²) in [5, 5.41) is 7.72. The summed E-state index contributed by atoms with van der Waals surface area (Å²) in [4.78, 5) is 12.4. The summed E-state index contributed by atoms with van der Waals surface area (Å²) >= 11 is 0. The molecule has 0 spiro atoms. The number of alkyl halides is 3. The van der Waals surface area contributed by atoms with Gasteiger partial charge >= 0.3 is 6.18 Å². The average molecular weight is 434 g/mol. The van der Waals surface area contributed by atoms with Crippen LogP contribution in [-0.2, 0) is 16.2 Å². The fourth-order valence-corrected chi connectivity index (χ4v) is 3.64. The van der Waals surface area contributed by atoms with E-state index in [1.165, 1.54) is 36.4 Å². The van der Waals surface area contributed by atoms with Gasteiger partial charge in [0.2, 0.25) is 10.0 Å². The topological polar surface area (TPSA) is 89.3 Å². The third-order valence-corrected chi connectivity index (χ3v) is 5.43. The first kappa shape index (κ1) is 21.5. The van der Waals surface area contributed by atoms with Crippen LogP contribution >= 0.6 is 0 Å². The Bertz CT molecular complexity index is 1200. The van der Waals surface area contributed by atoms with Gasteiger partial charge in [-0.2, -0.15) is 13.2 Å². The predicted molar refractivity (Wildman–Crippen MR) is 107 cm³/mol. The highest BCUT2D eigenvalue weighted by Gasteiger charge is 2.31. The summed E-state index contributed by atoms with van der Waals surface area (Å²) in [5.41, 5.74) is 0.766. The Morgan fingerprint density at radius 2 is 1.60 bits per heavy atom. The molecular weight excluding hydrogens is 417 g/mol. The Labute approximate surface area is 171 Å². The van der Waals surface area contributed by atoms with Gasteiger partial charge < -0.3 is 5.32 Å². The Balaban J connectivity index is 1.87. The number of carbonyl (C=O) groups is 1. The number of nitrogens with two attached hydrogens (primary N) is 1. The summed E-state index contributed by atoms with van der Waals surface area (Å²) in [7, 11) is -3.94. The van der Waals surface area contributed by atoms with Gasteiger partial charge in [-0.25, -0.2) is 13.6 Å². The molecule has 0 aromatic heterocycles. The van der Waals surface area contributed by atoms with Crippen molar-refractivity contribution < 1.29 is 26.4 Å². The molecule has 156 valence electrons. The van der Waals surface area contributed by atoms with Crippen LogP contribution in [0.25, 0.3) is 11.1 Å². The van der Waals surface area contributed by atoms with Crippen molar-refractivity contribution in [2.24, 2.45) is 5.14 Å². The number of rotatable bonds is 4. The number of sulfonamides is 1. The molecule has 3 rings (SSSR count). The van der Waals surface area contributed by atoms with E-state index in [9.17, 15) is 26.4 Å². The molecule has 0 aliphatic heterocycles. The SMILES string of the molecule is Cc1ccc(C(F)(F)F)cc1NC(=O)c1ccc(-c2ccccc2S(N)(=O)=O)cc1. The zero-order valence-corrected chi connectivity index (χ0v) is 16.5. The van der Waals surface area contributed by atoms with E-state index < -0.39 is 27.7 Å². The molecule has 30 heavy (non-hydrogen) atoms. The largest absolute Gasteiger partial charge is 0.416 e. The zero-order chi connectivity index (χ0) is 22.1. The maximum absolute atomic E-state index is 12.9. The second kappa shape index (κ2) is 7.92. The van der Waals surface area contributed by atoms with Crippen LogP contribution in [0.2, 0.25) is 0 Å². The third-order valence-electron chi connectivity index (χ3n) is 4.46.